The predicted octanol–water partition coefficient (Wildman–Crippen LogP) is 0.0194. The number of tetrazole rings is 1. The Morgan fingerprint density at radius 2 is 2.47 bits per heavy atom. The molecular weight excluding hydrogens is 244 g/mol. The molecule has 0 unspecified atom stereocenters. The van der Waals surface area contributed by atoms with Crippen molar-refractivity contribution in [2.45, 2.75) is 6.42 Å². The molecule has 8 nitrogen and oxygen atoms in total. The minimum atomic E-state index is -1.00. The van der Waals surface area contributed by atoms with Crippen molar-refractivity contribution in [2.24, 2.45) is 7.05 Å². The summed E-state index contributed by atoms with van der Waals surface area (Å²) < 4.78 is 1.52. The number of hydrogen-bond donors (Lipinski definition) is 2. The number of rotatable bonds is 5. The van der Waals surface area contributed by atoms with E-state index in [1.54, 1.807) is 7.05 Å². The minimum Gasteiger partial charge on any atom is -0.476 e. The second-order valence-corrected chi connectivity index (χ2v) is 4.18. The van der Waals surface area contributed by atoms with E-state index in [-0.39, 0.29) is 5.69 Å². The largest absolute Gasteiger partial charge is 0.476 e. The maximum absolute atomic E-state index is 10.6. The molecule has 90 valence electrons. The molecule has 0 spiro atoms. The standard InChI is InChI=1S/C8H10N6O2S/c1-14-8(11-12-13-14)9-3-2-6-10-5(4-17-6)7(15)16/h4H,2-3H2,1H3,(H,15,16)(H,9,11,13). The van der Waals surface area contributed by atoms with Crippen molar-refractivity contribution in [3.05, 3.63) is 16.1 Å². The number of carboxylic acids is 1. The summed E-state index contributed by atoms with van der Waals surface area (Å²) in [5.74, 6) is -0.432. The molecule has 0 aliphatic heterocycles. The van der Waals surface area contributed by atoms with Crippen LogP contribution in [0.25, 0.3) is 0 Å². The van der Waals surface area contributed by atoms with Gasteiger partial charge in [-0.1, -0.05) is 5.10 Å². The monoisotopic (exact) mass is 254 g/mol. The van der Waals surface area contributed by atoms with Crippen LogP contribution in [0.1, 0.15) is 15.5 Å². The molecule has 9 heteroatoms. The van der Waals surface area contributed by atoms with Crippen molar-refractivity contribution >= 4 is 23.3 Å². The quantitative estimate of drug-likeness (QED) is 0.774. The van der Waals surface area contributed by atoms with Crippen LogP contribution < -0.4 is 5.32 Å². The fraction of sp³-hybridized carbons (Fsp3) is 0.375. The second-order valence-electron chi connectivity index (χ2n) is 3.23. The van der Waals surface area contributed by atoms with Gasteiger partial charge >= 0.3 is 5.97 Å². The van der Waals surface area contributed by atoms with Gasteiger partial charge < -0.3 is 10.4 Å². The topological polar surface area (TPSA) is 106 Å². The highest BCUT2D eigenvalue weighted by Crippen LogP contribution is 2.10. The van der Waals surface area contributed by atoms with Crippen LogP contribution in [0.4, 0.5) is 5.95 Å². The van der Waals surface area contributed by atoms with E-state index in [1.807, 2.05) is 0 Å². The number of nitrogens with one attached hydrogen (secondary N) is 1. The van der Waals surface area contributed by atoms with Crippen LogP contribution in [0, 0.1) is 0 Å². The maximum atomic E-state index is 10.6. The number of carbonyl (C=O) groups is 1. The summed E-state index contributed by atoms with van der Waals surface area (Å²) in [7, 11) is 1.73. The van der Waals surface area contributed by atoms with Gasteiger partial charge in [-0.2, -0.15) is 0 Å². The molecule has 0 bridgehead atoms. The Hall–Kier alpha value is -2.03. The van der Waals surface area contributed by atoms with Gasteiger partial charge in [-0.25, -0.2) is 14.5 Å². The molecule has 0 saturated heterocycles. The highest BCUT2D eigenvalue weighted by molar-refractivity contribution is 7.09. The first-order valence-electron chi connectivity index (χ1n) is 4.80. The highest BCUT2D eigenvalue weighted by Gasteiger charge is 2.08. The molecule has 0 aromatic carbocycles. The fourth-order valence-corrected chi connectivity index (χ4v) is 1.96. The van der Waals surface area contributed by atoms with E-state index in [4.69, 9.17) is 5.11 Å². The third kappa shape index (κ3) is 2.75. The molecule has 17 heavy (non-hydrogen) atoms. The Morgan fingerprint density at radius 3 is 3.06 bits per heavy atom. The molecule has 0 aliphatic rings. The first kappa shape index (κ1) is 11.5. The molecule has 2 heterocycles. The van der Waals surface area contributed by atoms with E-state index in [0.29, 0.717) is 18.9 Å². The van der Waals surface area contributed by atoms with Crippen molar-refractivity contribution < 1.29 is 9.90 Å². The van der Waals surface area contributed by atoms with Gasteiger partial charge in [0.2, 0.25) is 5.95 Å². The summed E-state index contributed by atoms with van der Waals surface area (Å²) in [5, 5.41) is 24.9. The summed E-state index contributed by atoms with van der Waals surface area (Å²) in [6.07, 6.45) is 0.630. The third-order valence-corrected chi connectivity index (χ3v) is 2.92. The molecule has 0 saturated carbocycles. The lowest BCUT2D eigenvalue weighted by Crippen LogP contribution is -2.09. The van der Waals surface area contributed by atoms with Crippen molar-refractivity contribution in [3.8, 4) is 0 Å². The number of nitrogens with zero attached hydrogens (tertiary/aromatic N) is 5. The maximum Gasteiger partial charge on any atom is 0.355 e. The molecule has 2 rings (SSSR count). The zero-order chi connectivity index (χ0) is 12.3. The average Bonchev–Trinajstić information content (AvgIpc) is 2.89. The van der Waals surface area contributed by atoms with Crippen molar-refractivity contribution in [1.82, 2.24) is 25.2 Å². The highest BCUT2D eigenvalue weighted by atomic mass is 32.1. The number of aromatic nitrogens is 5. The Bertz CT molecular complexity index is 522. The Morgan fingerprint density at radius 1 is 1.65 bits per heavy atom. The van der Waals surface area contributed by atoms with Crippen LogP contribution in [-0.4, -0.2) is 42.8 Å². The molecule has 0 radical (unpaired) electrons. The molecular formula is C8H10N6O2S. The molecule has 0 fully saturated rings. The van der Waals surface area contributed by atoms with E-state index in [1.165, 1.54) is 21.4 Å². The third-order valence-electron chi connectivity index (χ3n) is 2.01. The van der Waals surface area contributed by atoms with Gasteiger partial charge in [0.15, 0.2) is 5.69 Å². The lowest BCUT2D eigenvalue weighted by Gasteiger charge is -2.01. The van der Waals surface area contributed by atoms with E-state index < -0.39 is 5.97 Å². The molecule has 2 N–H and O–H groups in total. The number of hydrogen-bond acceptors (Lipinski definition) is 7. The smallest absolute Gasteiger partial charge is 0.355 e. The summed E-state index contributed by atoms with van der Waals surface area (Å²) in [5.41, 5.74) is 0.0883. The lowest BCUT2D eigenvalue weighted by molar-refractivity contribution is 0.0691. The van der Waals surface area contributed by atoms with E-state index in [2.05, 4.69) is 25.8 Å². The first-order valence-corrected chi connectivity index (χ1v) is 5.68. The minimum absolute atomic E-state index is 0.0883. The number of carboxylic acid groups (broad SMARTS) is 1. The Balaban J connectivity index is 1.86. The van der Waals surface area contributed by atoms with Gasteiger partial charge in [0, 0.05) is 25.4 Å². The normalized spacial score (nSPS) is 10.4. The van der Waals surface area contributed by atoms with Crippen LogP contribution in [0.3, 0.4) is 0 Å². The number of aromatic carboxylic acids is 1. The Kier molecular flexibility index (Phi) is 3.28. The summed E-state index contributed by atoms with van der Waals surface area (Å²) in [6, 6.07) is 0. The molecule has 2 aromatic rings. The zero-order valence-corrected chi connectivity index (χ0v) is 9.81. The fourth-order valence-electron chi connectivity index (χ4n) is 1.18. The van der Waals surface area contributed by atoms with Gasteiger partial charge in [-0.15, -0.1) is 11.3 Å². The lowest BCUT2D eigenvalue weighted by atomic mass is 10.4. The van der Waals surface area contributed by atoms with Crippen molar-refractivity contribution in [2.75, 3.05) is 11.9 Å². The van der Waals surface area contributed by atoms with Gasteiger partial charge in [0.1, 0.15) is 0 Å². The summed E-state index contributed by atoms with van der Waals surface area (Å²) in [4.78, 5) is 14.6. The molecule has 2 aromatic heterocycles. The van der Waals surface area contributed by atoms with Gasteiger partial charge in [-0.05, 0) is 10.4 Å². The van der Waals surface area contributed by atoms with Crippen molar-refractivity contribution in [1.29, 1.82) is 0 Å². The SMILES string of the molecule is Cn1nnnc1NCCc1nc(C(=O)O)cs1. The predicted molar refractivity (Wildman–Crippen MR) is 60.1 cm³/mol. The van der Waals surface area contributed by atoms with E-state index in [0.717, 1.165) is 5.01 Å². The van der Waals surface area contributed by atoms with E-state index >= 15 is 0 Å². The summed E-state index contributed by atoms with van der Waals surface area (Å²) in [6.45, 7) is 0.598. The van der Waals surface area contributed by atoms with Crippen LogP contribution in [0.2, 0.25) is 0 Å². The first-order chi connectivity index (χ1) is 8.16. The summed E-state index contributed by atoms with van der Waals surface area (Å²) >= 11 is 1.33. The number of thiazole rings is 1. The molecule has 0 amide bonds. The van der Waals surface area contributed by atoms with Crippen LogP contribution in [0.5, 0.6) is 0 Å². The zero-order valence-electron chi connectivity index (χ0n) is 8.99. The van der Waals surface area contributed by atoms with Crippen LogP contribution in [0.15, 0.2) is 5.38 Å². The van der Waals surface area contributed by atoms with Gasteiger partial charge in [-0.3, -0.25) is 0 Å². The Labute approximate surface area is 100 Å². The van der Waals surface area contributed by atoms with Gasteiger partial charge in [0.25, 0.3) is 0 Å². The van der Waals surface area contributed by atoms with Crippen LogP contribution >= 0.6 is 11.3 Å². The van der Waals surface area contributed by atoms with Crippen LogP contribution in [-0.2, 0) is 13.5 Å². The molecule has 0 atom stereocenters. The number of anilines is 1. The van der Waals surface area contributed by atoms with E-state index in [9.17, 15) is 4.79 Å². The number of aryl methyl sites for hydroxylation is 1. The van der Waals surface area contributed by atoms with Crippen molar-refractivity contribution in [3.63, 3.8) is 0 Å². The average molecular weight is 254 g/mol. The van der Waals surface area contributed by atoms with Gasteiger partial charge in [0.05, 0.1) is 5.01 Å². The second kappa shape index (κ2) is 4.87. The molecule has 0 aliphatic carbocycles.